The van der Waals surface area contributed by atoms with Crippen molar-refractivity contribution in [3.8, 4) is 0 Å². The van der Waals surface area contributed by atoms with Gasteiger partial charge < -0.3 is 19.3 Å². The van der Waals surface area contributed by atoms with Crippen molar-refractivity contribution in [2.75, 3.05) is 26.3 Å². The molecule has 0 saturated carbocycles. The number of fused-ring (bicyclic) bond motifs is 1. The van der Waals surface area contributed by atoms with Gasteiger partial charge in [-0.05, 0) is 42.8 Å². The Hall–Kier alpha value is -3.05. The summed E-state index contributed by atoms with van der Waals surface area (Å²) in [4.78, 5) is 14.5. The molecule has 1 fully saturated rings. The lowest BCUT2D eigenvalue weighted by molar-refractivity contribution is -0.376. The Morgan fingerprint density at radius 1 is 0.971 bits per heavy atom. The second kappa shape index (κ2) is 8.87. The van der Waals surface area contributed by atoms with Crippen LogP contribution < -0.4 is 0 Å². The predicted octanol–water partition coefficient (Wildman–Crippen LogP) is 4.78. The Bertz CT molecular complexity index is 1230. The van der Waals surface area contributed by atoms with Gasteiger partial charge in [-0.15, -0.1) is 0 Å². The van der Waals surface area contributed by atoms with Crippen LogP contribution in [0.3, 0.4) is 0 Å². The Labute approximate surface area is 196 Å². The fraction of sp³-hybridized carbons (Fsp3) is 0.375. The molecular formula is C24H22F6N2O3. The highest BCUT2D eigenvalue weighted by Gasteiger charge is 2.71. The van der Waals surface area contributed by atoms with Crippen LogP contribution in [0, 0.1) is 6.92 Å². The highest BCUT2D eigenvalue weighted by atomic mass is 19.4. The molecule has 1 N–H and O–H groups in total. The van der Waals surface area contributed by atoms with Crippen molar-refractivity contribution in [1.29, 1.82) is 0 Å². The number of carbonyl (C=O) groups is 1. The summed E-state index contributed by atoms with van der Waals surface area (Å²) >= 11 is 0. The number of carbonyl (C=O) groups excluding carboxylic acids is 1. The Balaban J connectivity index is 1.67. The highest BCUT2D eigenvalue weighted by molar-refractivity contribution is 5.94. The van der Waals surface area contributed by atoms with Crippen LogP contribution in [0.1, 0.15) is 27.2 Å². The highest BCUT2D eigenvalue weighted by Crippen LogP contribution is 2.50. The van der Waals surface area contributed by atoms with Gasteiger partial charge in [-0.1, -0.05) is 18.2 Å². The molecule has 188 valence electrons. The molecule has 2 aromatic carbocycles. The van der Waals surface area contributed by atoms with Crippen LogP contribution in [0.25, 0.3) is 10.9 Å². The van der Waals surface area contributed by atoms with E-state index in [1.165, 1.54) is 6.07 Å². The first-order valence-electron chi connectivity index (χ1n) is 10.7. The second-order valence-corrected chi connectivity index (χ2v) is 8.46. The summed E-state index contributed by atoms with van der Waals surface area (Å²) in [6.07, 6.45) is -11.9. The van der Waals surface area contributed by atoms with E-state index in [1.807, 2.05) is 0 Å². The van der Waals surface area contributed by atoms with Gasteiger partial charge in [0.15, 0.2) is 0 Å². The molecule has 2 heterocycles. The number of hydrogen-bond acceptors (Lipinski definition) is 3. The number of halogens is 6. The summed E-state index contributed by atoms with van der Waals surface area (Å²) in [5.41, 5.74) is -4.11. The van der Waals surface area contributed by atoms with Crippen LogP contribution in [0.2, 0.25) is 0 Å². The van der Waals surface area contributed by atoms with Crippen LogP contribution in [-0.2, 0) is 16.9 Å². The van der Waals surface area contributed by atoms with Crippen molar-refractivity contribution in [2.45, 2.75) is 31.4 Å². The number of aliphatic hydroxyl groups is 1. The third-order valence-electron chi connectivity index (χ3n) is 6.16. The molecule has 1 aliphatic heterocycles. The molecule has 4 rings (SSSR count). The van der Waals surface area contributed by atoms with Gasteiger partial charge in [0, 0.05) is 47.4 Å². The summed E-state index contributed by atoms with van der Waals surface area (Å²) in [5.74, 6) is -0.146. The number of ether oxygens (including phenoxy) is 1. The molecule has 1 aromatic heterocycles. The van der Waals surface area contributed by atoms with E-state index in [1.54, 1.807) is 40.7 Å². The SMILES string of the molecule is Cc1cc2cc(C(O)(C(F)(F)F)C(F)(F)F)ccc2n1Cc1cccc(C(=O)N2CCOCC2)c1. The lowest BCUT2D eigenvalue weighted by Gasteiger charge is -2.32. The van der Waals surface area contributed by atoms with Gasteiger partial charge >= 0.3 is 12.4 Å². The van der Waals surface area contributed by atoms with Gasteiger partial charge in [0.2, 0.25) is 0 Å². The zero-order valence-electron chi connectivity index (χ0n) is 18.6. The van der Waals surface area contributed by atoms with Gasteiger partial charge in [-0.25, -0.2) is 0 Å². The van der Waals surface area contributed by atoms with E-state index in [0.29, 0.717) is 55.2 Å². The summed E-state index contributed by atoms with van der Waals surface area (Å²) < 4.78 is 86.7. The third-order valence-corrected chi connectivity index (χ3v) is 6.16. The quantitative estimate of drug-likeness (QED) is 0.525. The summed E-state index contributed by atoms with van der Waals surface area (Å²) in [7, 11) is 0. The average molecular weight is 500 g/mol. The maximum absolute atomic E-state index is 13.3. The fourth-order valence-corrected chi connectivity index (χ4v) is 4.27. The van der Waals surface area contributed by atoms with Crippen molar-refractivity contribution in [3.05, 3.63) is 70.9 Å². The Morgan fingerprint density at radius 2 is 1.63 bits per heavy atom. The van der Waals surface area contributed by atoms with E-state index in [4.69, 9.17) is 4.74 Å². The van der Waals surface area contributed by atoms with Gasteiger partial charge in [0.25, 0.3) is 11.5 Å². The fourth-order valence-electron chi connectivity index (χ4n) is 4.27. The second-order valence-electron chi connectivity index (χ2n) is 8.46. The molecule has 1 amide bonds. The zero-order valence-corrected chi connectivity index (χ0v) is 18.6. The summed E-state index contributed by atoms with van der Waals surface area (Å²) in [6, 6.07) is 10.8. The number of morpholine rings is 1. The number of aromatic nitrogens is 1. The first-order valence-corrected chi connectivity index (χ1v) is 10.7. The molecule has 0 atom stereocenters. The first-order chi connectivity index (χ1) is 16.3. The minimum atomic E-state index is -5.95. The lowest BCUT2D eigenvalue weighted by Crippen LogP contribution is -2.53. The van der Waals surface area contributed by atoms with E-state index < -0.39 is 23.5 Å². The molecule has 0 aliphatic carbocycles. The van der Waals surface area contributed by atoms with E-state index in [-0.39, 0.29) is 17.8 Å². The van der Waals surface area contributed by atoms with Gasteiger partial charge in [-0.3, -0.25) is 4.79 Å². The van der Waals surface area contributed by atoms with E-state index in [2.05, 4.69) is 0 Å². The number of nitrogens with zero attached hydrogens (tertiary/aromatic N) is 2. The van der Waals surface area contributed by atoms with Crippen molar-refractivity contribution in [2.24, 2.45) is 0 Å². The van der Waals surface area contributed by atoms with Crippen LogP contribution >= 0.6 is 0 Å². The van der Waals surface area contributed by atoms with Crippen LogP contribution in [0.4, 0.5) is 26.3 Å². The Kier molecular flexibility index (Phi) is 6.35. The van der Waals surface area contributed by atoms with Crippen molar-refractivity contribution < 1.29 is 41.0 Å². The van der Waals surface area contributed by atoms with E-state index in [0.717, 1.165) is 11.6 Å². The van der Waals surface area contributed by atoms with Crippen molar-refractivity contribution in [3.63, 3.8) is 0 Å². The van der Waals surface area contributed by atoms with E-state index in [9.17, 15) is 36.2 Å². The number of alkyl halides is 6. The molecule has 0 radical (unpaired) electrons. The molecular weight excluding hydrogens is 478 g/mol. The van der Waals surface area contributed by atoms with Gasteiger partial charge in [0.05, 0.1) is 13.2 Å². The molecule has 0 unspecified atom stereocenters. The predicted molar refractivity (Wildman–Crippen MR) is 115 cm³/mol. The van der Waals surface area contributed by atoms with Crippen molar-refractivity contribution in [1.82, 2.24) is 9.47 Å². The average Bonchev–Trinajstić information content (AvgIpc) is 3.11. The molecule has 5 nitrogen and oxygen atoms in total. The smallest absolute Gasteiger partial charge is 0.378 e. The van der Waals surface area contributed by atoms with Crippen LogP contribution in [-0.4, -0.2) is 59.1 Å². The van der Waals surface area contributed by atoms with Crippen molar-refractivity contribution >= 4 is 16.8 Å². The van der Waals surface area contributed by atoms with Crippen LogP contribution in [0.5, 0.6) is 0 Å². The number of benzene rings is 2. The molecule has 1 saturated heterocycles. The molecule has 0 spiro atoms. The first kappa shape index (κ1) is 25.1. The number of hydrogen-bond donors (Lipinski definition) is 1. The molecule has 0 bridgehead atoms. The van der Waals surface area contributed by atoms with E-state index >= 15 is 0 Å². The van der Waals surface area contributed by atoms with Crippen LogP contribution in [0.15, 0.2) is 48.5 Å². The molecule has 1 aliphatic rings. The summed E-state index contributed by atoms with van der Waals surface area (Å²) in [5, 5.41) is 9.83. The topological polar surface area (TPSA) is 54.7 Å². The van der Waals surface area contributed by atoms with Gasteiger partial charge in [-0.2, -0.15) is 26.3 Å². The minimum Gasteiger partial charge on any atom is -0.378 e. The number of amides is 1. The zero-order chi connectivity index (χ0) is 25.6. The molecule has 3 aromatic rings. The Morgan fingerprint density at radius 3 is 2.26 bits per heavy atom. The molecule has 35 heavy (non-hydrogen) atoms. The van der Waals surface area contributed by atoms with Gasteiger partial charge in [0.1, 0.15) is 0 Å². The largest absolute Gasteiger partial charge is 0.430 e. The standard InChI is InChI=1S/C24H22F6N2O3/c1-15-11-18-13-19(22(34,23(25,26)27)24(28,29)30)5-6-20(18)32(15)14-16-3-2-4-17(12-16)21(33)31-7-9-35-10-8-31/h2-6,11-13,34H,7-10,14H2,1H3. The lowest BCUT2D eigenvalue weighted by atomic mass is 9.91. The maximum Gasteiger partial charge on any atom is 0.430 e. The maximum atomic E-state index is 13.3. The number of aryl methyl sites for hydroxylation is 1. The number of rotatable bonds is 4. The summed E-state index contributed by atoms with van der Waals surface area (Å²) in [6.45, 7) is 3.78. The normalized spacial score (nSPS) is 15.6. The monoisotopic (exact) mass is 500 g/mol. The molecule has 11 heteroatoms. The third kappa shape index (κ3) is 4.50. The minimum absolute atomic E-state index is 0.118.